The van der Waals surface area contributed by atoms with Crippen LogP contribution in [0, 0.1) is 5.92 Å². The molecule has 0 aliphatic carbocycles. The van der Waals surface area contributed by atoms with Crippen LogP contribution in [-0.2, 0) is 4.79 Å². The van der Waals surface area contributed by atoms with Crippen LogP contribution in [-0.4, -0.2) is 38.3 Å². The summed E-state index contributed by atoms with van der Waals surface area (Å²) < 4.78 is 11.2. The Hall–Kier alpha value is -1.46. The number of ether oxygens (including phenoxy) is 2. The minimum Gasteiger partial charge on any atom is -0.485 e. The number of carbonyl (C=O) groups excluding carboxylic acids is 1. The van der Waals surface area contributed by atoms with Gasteiger partial charge in [-0.15, -0.1) is 12.4 Å². The number of benzene rings is 1. The van der Waals surface area contributed by atoms with Gasteiger partial charge in [0.25, 0.3) is 5.91 Å². The highest BCUT2D eigenvalue weighted by atomic mass is 35.5. The lowest BCUT2D eigenvalue weighted by atomic mass is 9.98. The van der Waals surface area contributed by atoms with E-state index in [4.69, 9.17) is 9.47 Å². The predicted octanol–water partition coefficient (Wildman–Crippen LogP) is 1.36. The van der Waals surface area contributed by atoms with E-state index in [2.05, 4.69) is 10.6 Å². The molecule has 2 N–H and O–H groups in total. The van der Waals surface area contributed by atoms with E-state index < -0.39 is 6.10 Å². The molecule has 2 aliphatic heterocycles. The summed E-state index contributed by atoms with van der Waals surface area (Å²) >= 11 is 0. The number of piperidine rings is 1. The Labute approximate surface area is 130 Å². The Morgan fingerprint density at radius 2 is 1.95 bits per heavy atom. The zero-order valence-corrected chi connectivity index (χ0v) is 12.7. The molecular weight excluding hydrogens is 292 g/mol. The van der Waals surface area contributed by atoms with Crippen LogP contribution in [0.2, 0.25) is 0 Å². The number of nitrogens with one attached hydrogen (secondary N) is 2. The molecule has 116 valence electrons. The van der Waals surface area contributed by atoms with Crippen molar-refractivity contribution in [2.24, 2.45) is 5.92 Å². The first-order chi connectivity index (χ1) is 9.83. The molecule has 3 rings (SSSR count). The fourth-order valence-corrected chi connectivity index (χ4v) is 2.59. The molecule has 1 saturated heterocycles. The average molecular weight is 313 g/mol. The van der Waals surface area contributed by atoms with Crippen molar-refractivity contribution in [3.05, 3.63) is 24.3 Å². The first kappa shape index (κ1) is 15.9. The van der Waals surface area contributed by atoms with Crippen molar-refractivity contribution in [1.29, 1.82) is 0 Å². The first-order valence-electron chi connectivity index (χ1n) is 7.20. The van der Waals surface area contributed by atoms with Crippen molar-refractivity contribution in [3.63, 3.8) is 0 Å². The second kappa shape index (κ2) is 7.52. The molecule has 0 spiro atoms. The third-order valence-corrected chi connectivity index (χ3v) is 3.82. The van der Waals surface area contributed by atoms with Crippen LogP contribution in [0.1, 0.15) is 12.8 Å². The van der Waals surface area contributed by atoms with Crippen molar-refractivity contribution in [1.82, 2.24) is 10.6 Å². The van der Waals surface area contributed by atoms with E-state index in [1.54, 1.807) is 0 Å². The Kier molecular flexibility index (Phi) is 5.70. The maximum absolute atomic E-state index is 12.1. The third-order valence-electron chi connectivity index (χ3n) is 3.82. The molecule has 5 nitrogen and oxygen atoms in total. The van der Waals surface area contributed by atoms with E-state index in [9.17, 15) is 4.79 Å². The molecule has 1 aromatic rings. The standard InChI is InChI=1S/C15H20N2O3.ClH/c18-15(17-9-11-5-7-16-8-6-11)14-10-19-12-3-1-2-4-13(12)20-14;/h1-4,11,14,16H,5-10H2,(H,17,18);1H. The van der Waals surface area contributed by atoms with Crippen LogP contribution < -0.4 is 20.1 Å². The van der Waals surface area contributed by atoms with Gasteiger partial charge in [0.05, 0.1) is 0 Å². The van der Waals surface area contributed by atoms with Crippen molar-refractivity contribution < 1.29 is 14.3 Å². The third kappa shape index (κ3) is 4.02. The van der Waals surface area contributed by atoms with E-state index in [-0.39, 0.29) is 24.9 Å². The van der Waals surface area contributed by atoms with Crippen molar-refractivity contribution in [2.75, 3.05) is 26.2 Å². The Morgan fingerprint density at radius 3 is 2.71 bits per heavy atom. The number of fused-ring (bicyclic) bond motifs is 1. The topological polar surface area (TPSA) is 59.6 Å². The van der Waals surface area contributed by atoms with E-state index >= 15 is 0 Å². The van der Waals surface area contributed by atoms with Crippen molar-refractivity contribution in [2.45, 2.75) is 18.9 Å². The van der Waals surface area contributed by atoms with E-state index in [1.165, 1.54) is 0 Å². The molecule has 6 heteroatoms. The van der Waals surface area contributed by atoms with E-state index in [0.717, 1.165) is 32.5 Å². The van der Waals surface area contributed by atoms with Gasteiger partial charge in [-0.25, -0.2) is 0 Å². The van der Waals surface area contributed by atoms with Gasteiger partial charge >= 0.3 is 0 Å². The summed E-state index contributed by atoms with van der Waals surface area (Å²) in [6.07, 6.45) is 1.68. The summed E-state index contributed by atoms with van der Waals surface area (Å²) in [5, 5.41) is 6.30. The van der Waals surface area contributed by atoms with Gasteiger partial charge < -0.3 is 20.1 Å². The SMILES string of the molecule is Cl.O=C(NCC1CCNCC1)C1COc2ccccc2O1. The van der Waals surface area contributed by atoms with E-state index in [0.29, 0.717) is 17.4 Å². The van der Waals surface area contributed by atoms with Gasteiger partial charge in [0.2, 0.25) is 6.10 Å². The lowest BCUT2D eigenvalue weighted by Gasteiger charge is -2.27. The van der Waals surface area contributed by atoms with Gasteiger partial charge in [-0.1, -0.05) is 12.1 Å². The highest BCUT2D eigenvalue weighted by Gasteiger charge is 2.27. The number of carbonyl (C=O) groups is 1. The van der Waals surface area contributed by atoms with Gasteiger partial charge in [0.1, 0.15) is 6.61 Å². The summed E-state index contributed by atoms with van der Waals surface area (Å²) in [5.41, 5.74) is 0. The fourth-order valence-electron chi connectivity index (χ4n) is 2.59. The van der Waals surface area contributed by atoms with Crippen LogP contribution in [0.15, 0.2) is 24.3 Å². The minimum atomic E-state index is -0.549. The van der Waals surface area contributed by atoms with Gasteiger partial charge in [-0.05, 0) is 44.0 Å². The molecule has 1 unspecified atom stereocenters. The maximum Gasteiger partial charge on any atom is 0.264 e. The molecule has 0 radical (unpaired) electrons. The van der Waals surface area contributed by atoms with E-state index in [1.807, 2.05) is 24.3 Å². The molecule has 2 aliphatic rings. The minimum absolute atomic E-state index is 0. The van der Waals surface area contributed by atoms with Crippen LogP contribution in [0.3, 0.4) is 0 Å². The summed E-state index contributed by atoms with van der Waals surface area (Å²) in [7, 11) is 0. The van der Waals surface area contributed by atoms with Crippen molar-refractivity contribution in [3.8, 4) is 11.5 Å². The lowest BCUT2D eigenvalue weighted by molar-refractivity contribution is -0.130. The number of amides is 1. The fraction of sp³-hybridized carbons (Fsp3) is 0.533. The molecule has 1 amide bonds. The molecule has 0 bridgehead atoms. The largest absolute Gasteiger partial charge is 0.485 e. The number of hydrogen-bond donors (Lipinski definition) is 2. The number of para-hydroxylation sites is 2. The highest BCUT2D eigenvalue weighted by Crippen LogP contribution is 2.30. The van der Waals surface area contributed by atoms with Crippen LogP contribution in [0.25, 0.3) is 0 Å². The van der Waals surface area contributed by atoms with Gasteiger partial charge in [0, 0.05) is 6.54 Å². The summed E-state index contributed by atoms with van der Waals surface area (Å²) in [5.74, 6) is 1.82. The molecule has 0 aromatic heterocycles. The highest BCUT2D eigenvalue weighted by molar-refractivity contribution is 5.85. The molecule has 0 saturated carbocycles. The zero-order chi connectivity index (χ0) is 13.8. The van der Waals surface area contributed by atoms with Crippen molar-refractivity contribution >= 4 is 18.3 Å². The quantitative estimate of drug-likeness (QED) is 0.885. The molecule has 1 fully saturated rings. The smallest absolute Gasteiger partial charge is 0.264 e. The second-order valence-electron chi connectivity index (χ2n) is 5.30. The molecule has 1 aromatic carbocycles. The molecule has 21 heavy (non-hydrogen) atoms. The second-order valence-corrected chi connectivity index (χ2v) is 5.30. The Bertz CT molecular complexity index is 478. The van der Waals surface area contributed by atoms with Gasteiger partial charge in [-0.3, -0.25) is 4.79 Å². The normalized spacial score (nSPS) is 21.2. The summed E-state index contributed by atoms with van der Waals surface area (Å²) in [4.78, 5) is 12.1. The predicted molar refractivity (Wildman–Crippen MR) is 82.2 cm³/mol. The summed E-state index contributed by atoms with van der Waals surface area (Å²) in [6.45, 7) is 3.07. The number of halogens is 1. The maximum atomic E-state index is 12.1. The molecule has 1 atom stereocenters. The average Bonchev–Trinajstić information content (AvgIpc) is 2.53. The zero-order valence-electron chi connectivity index (χ0n) is 11.8. The van der Waals surface area contributed by atoms with Crippen LogP contribution in [0.5, 0.6) is 11.5 Å². The number of hydrogen-bond acceptors (Lipinski definition) is 4. The molecule has 2 heterocycles. The Morgan fingerprint density at radius 1 is 1.24 bits per heavy atom. The lowest BCUT2D eigenvalue weighted by Crippen LogP contribution is -2.46. The van der Waals surface area contributed by atoms with Crippen LogP contribution in [0.4, 0.5) is 0 Å². The van der Waals surface area contributed by atoms with Gasteiger partial charge in [-0.2, -0.15) is 0 Å². The molecular formula is C15H21ClN2O3. The summed E-state index contributed by atoms with van der Waals surface area (Å²) in [6, 6.07) is 7.43. The van der Waals surface area contributed by atoms with Crippen LogP contribution >= 0.6 is 12.4 Å². The Balaban J connectivity index is 0.00000161. The van der Waals surface area contributed by atoms with Gasteiger partial charge in [0.15, 0.2) is 11.5 Å². The monoisotopic (exact) mass is 312 g/mol. The number of rotatable bonds is 3. The first-order valence-corrected chi connectivity index (χ1v) is 7.20.